The smallest absolute Gasteiger partial charge is 0.265 e. The minimum Gasteiger partial charge on any atom is -0.379 e. The average molecular weight is 374 g/mol. The molecule has 2 atom stereocenters. The number of hydrogen-bond donors (Lipinski definition) is 1. The molecule has 7 nitrogen and oxygen atoms in total. The molecule has 2 fully saturated rings. The molecular weight excluding hydrogens is 348 g/mol. The summed E-state index contributed by atoms with van der Waals surface area (Å²) < 4.78 is 11.2. The highest BCUT2D eigenvalue weighted by Crippen LogP contribution is 2.47. The van der Waals surface area contributed by atoms with E-state index in [4.69, 9.17) is 9.47 Å². The number of aliphatic hydroxyl groups is 1. The minimum absolute atomic E-state index is 0.0355. The summed E-state index contributed by atoms with van der Waals surface area (Å²) in [5.74, 6) is -1.48. The number of Topliss-reactive ketones (excluding diaryl/α,β-unsaturated/α-hetero) is 1. The number of rotatable bonds is 3. The lowest BCUT2D eigenvalue weighted by atomic mass is 9.76. The van der Waals surface area contributed by atoms with Gasteiger partial charge in [0.2, 0.25) is 0 Å². The fourth-order valence-electron chi connectivity index (χ4n) is 4.23. The van der Waals surface area contributed by atoms with Gasteiger partial charge in [-0.15, -0.1) is 0 Å². The van der Waals surface area contributed by atoms with E-state index >= 15 is 0 Å². The van der Waals surface area contributed by atoms with Crippen molar-refractivity contribution in [1.82, 2.24) is 4.90 Å². The molecule has 2 saturated heterocycles. The van der Waals surface area contributed by atoms with Crippen molar-refractivity contribution in [2.24, 2.45) is 5.92 Å². The molecule has 1 N–H and O–H groups in total. The lowest BCUT2D eigenvalue weighted by Crippen LogP contribution is -2.55. The number of para-hydroxylation sites is 1. The van der Waals surface area contributed by atoms with Gasteiger partial charge in [-0.25, -0.2) is 0 Å². The van der Waals surface area contributed by atoms with E-state index in [2.05, 4.69) is 4.90 Å². The Morgan fingerprint density at radius 1 is 1.19 bits per heavy atom. The lowest BCUT2D eigenvalue weighted by Gasteiger charge is -2.39. The molecule has 0 unspecified atom stereocenters. The number of benzene rings is 1. The van der Waals surface area contributed by atoms with Crippen molar-refractivity contribution in [3.05, 3.63) is 29.8 Å². The van der Waals surface area contributed by atoms with Crippen LogP contribution in [0.4, 0.5) is 5.69 Å². The first-order valence-electron chi connectivity index (χ1n) is 9.43. The van der Waals surface area contributed by atoms with E-state index in [1.165, 1.54) is 0 Å². The second-order valence-corrected chi connectivity index (χ2v) is 8.15. The van der Waals surface area contributed by atoms with E-state index < -0.39 is 23.0 Å². The molecular formula is C20H26N2O5. The number of carbonyl (C=O) groups excluding carboxylic acids is 2. The predicted octanol–water partition coefficient (Wildman–Crippen LogP) is 0.895. The molecule has 146 valence electrons. The quantitative estimate of drug-likeness (QED) is 0.847. The van der Waals surface area contributed by atoms with Gasteiger partial charge in [0.25, 0.3) is 5.91 Å². The molecule has 4 rings (SSSR count). The van der Waals surface area contributed by atoms with E-state index in [1.807, 2.05) is 26.0 Å². The number of fused-ring (bicyclic) bond motifs is 1. The van der Waals surface area contributed by atoms with Crippen molar-refractivity contribution < 1.29 is 24.2 Å². The van der Waals surface area contributed by atoms with E-state index in [-0.39, 0.29) is 18.8 Å². The molecule has 0 spiro atoms. The second kappa shape index (κ2) is 6.67. The number of anilines is 1. The number of morpholine rings is 1. The molecule has 1 amide bonds. The summed E-state index contributed by atoms with van der Waals surface area (Å²) in [6, 6.07) is 7.18. The molecule has 1 aromatic rings. The topological polar surface area (TPSA) is 79.3 Å². The average Bonchev–Trinajstić information content (AvgIpc) is 2.85. The molecule has 3 aliphatic rings. The predicted molar refractivity (Wildman–Crippen MR) is 98.2 cm³/mol. The van der Waals surface area contributed by atoms with Gasteiger partial charge in [-0.05, 0) is 19.9 Å². The molecule has 0 aliphatic carbocycles. The number of carbonyl (C=O) groups is 2. The van der Waals surface area contributed by atoms with Gasteiger partial charge in [0.1, 0.15) is 5.78 Å². The number of ketones is 1. The number of hydrogen-bond acceptors (Lipinski definition) is 6. The van der Waals surface area contributed by atoms with Crippen LogP contribution in [0.2, 0.25) is 0 Å². The van der Waals surface area contributed by atoms with Crippen LogP contribution < -0.4 is 4.90 Å². The summed E-state index contributed by atoms with van der Waals surface area (Å²) >= 11 is 0. The van der Waals surface area contributed by atoms with Crippen molar-refractivity contribution in [2.75, 3.05) is 44.5 Å². The molecule has 0 radical (unpaired) electrons. The fraction of sp³-hybridized carbons (Fsp3) is 0.600. The van der Waals surface area contributed by atoms with E-state index in [0.29, 0.717) is 31.1 Å². The zero-order valence-electron chi connectivity index (χ0n) is 15.8. The van der Waals surface area contributed by atoms with Crippen LogP contribution in [0.3, 0.4) is 0 Å². The van der Waals surface area contributed by atoms with Gasteiger partial charge in [-0.1, -0.05) is 18.2 Å². The molecule has 3 heterocycles. The first kappa shape index (κ1) is 18.6. The molecule has 3 aliphatic heterocycles. The van der Waals surface area contributed by atoms with E-state index in [9.17, 15) is 14.7 Å². The highest BCUT2D eigenvalue weighted by atomic mass is 16.5. The Balaban J connectivity index is 1.67. The Hall–Kier alpha value is -1.80. The van der Waals surface area contributed by atoms with Crippen molar-refractivity contribution in [1.29, 1.82) is 0 Å². The molecule has 27 heavy (non-hydrogen) atoms. The Kier molecular flexibility index (Phi) is 4.58. The Labute approximate surface area is 158 Å². The summed E-state index contributed by atoms with van der Waals surface area (Å²) in [6.07, 6.45) is 0.179. The van der Waals surface area contributed by atoms with Crippen LogP contribution in [0.1, 0.15) is 25.8 Å². The highest BCUT2D eigenvalue weighted by molar-refractivity contribution is 6.09. The Morgan fingerprint density at radius 3 is 2.59 bits per heavy atom. The Morgan fingerprint density at radius 2 is 1.89 bits per heavy atom. The number of amides is 1. The normalized spacial score (nSPS) is 31.2. The van der Waals surface area contributed by atoms with Gasteiger partial charge in [0.15, 0.2) is 5.60 Å². The number of nitrogens with zero attached hydrogens (tertiary/aromatic N) is 2. The van der Waals surface area contributed by atoms with Crippen LogP contribution >= 0.6 is 0 Å². The van der Waals surface area contributed by atoms with E-state index in [0.717, 1.165) is 13.1 Å². The summed E-state index contributed by atoms with van der Waals surface area (Å²) in [7, 11) is 0. The zero-order chi connectivity index (χ0) is 19.2. The molecule has 1 aromatic carbocycles. The van der Waals surface area contributed by atoms with Crippen LogP contribution in [-0.4, -0.2) is 66.9 Å². The third-order valence-corrected chi connectivity index (χ3v) is 5.76. The van der Waals surface area contributed by atoms with Gasteiger partial charge in [0, 0.05) is 25.1 Å². The number of ether oxygens (including phenoxy) is 2. The summed E-state index contributed by atoms with van der Waals surface area (Å²) in [5, 5.41) is 11.5. The summed E-state index contributed by atoms with van der Waals surface area (Å²) in [4.78, 5) is 29.9. The van der Waals surface area contributed by atoms with Gasteiger partial charge in [-0.3, -0.25) is 19.4 Å². The van der Waals surface area contributed by atoms with Crippen molar-refractivity contribution in [3.8, 4) is 0 Å². The SMILES string of the molecule is CC1(C)CC(=O)[C@H]([C@@]2(O)C(=O)N(CN3CCOCC3)c3ccccc32)CO1. The Bertz CT molecular complexity index is 758. The van der Waals surface area contributed by atoms with Crippen LogP contribution in [0, 0.1) is 5.92 Å². The molecule has 0 saturated carbocycles. The maximum Gasteiger partial charge on any atom is 0.265 e. The van der Waals surface area contributed by atoms with Crippen molar-refractivity contribution >= 4 is 17.4 Å². The van der Waals surface area contributed by atoms with Crippen molar-refractivity contribution in [3.63, 3.8) is 0 Å². The van der Waals surface area contributed by atoms with Crippen LogP contribution in [0.15, 0.2) is 24.3 Å². The zero-order valence-corrected chi connectivity index (χ0v) is 15.8. The third-order valence-electron chi connectivity index (χ3n) is 5.76. The van der Waals surface area contributed by atoms with Gasteiger partial charge in [0.05, 0.1) is 43.7 Å². The first-order chi connectivity index (χ1) is 12.8. The standard InChI is InChI=1S/C20H26N2O5/c1-19(2)11-17(23)15(12-27-19)20(25)14-5-3-4-6-16(14)22(18(20)24)13-21-7-9-26-10-8-21/h3-6,15,25H,7-13H2,1-2H3/t15-,20-/m1/s1. The second-order valence-electron chi connectivity index (χ2n) is 8.15. The molecule has 0 aromatic heterocycles. The van der Waals surface area contributed by atoms with Crippen LogP contribution in [-0.2, 0) is 24.7 Å². The summed E-state index contributed by atoms with van der Waals surface area (Å²) in [6.45, 7) is 6.80. The largest absolute Gasteiger partial charge is 0.379 e. The highest BCUT2D eigenvalue weighted by Gasteiger charge is 2.58. The summed E-state index contributed by atoms with van der Waals surface area (Å²) in [5.41, 5.74) is -1.30. The maximum absolute atomic E-state index is 13.4. The lowest BCUT2D eigenvalue weighted by molar-refractivity contribution is -0.172. The van der Waals surface area contributed by atoms with Gasteiger partial charge < -0.3 is 14.6 Å². The maximum atomic E-state index is 13.4. The van der Waals surface area contributed by atoms with Gasteiger partial charge >= 0.3 is 0 Å². The van der Waals surface area contributed by atoms with E-state index in [1.54, 1.807) is 17.0 Å². The fourth-order valence-corrected chi connectivity index (χ4v) is 4.23. The molecule has 7 heteroatoms. The van der Waals surface area contributed by atoms with Gasteiger partial charge in [-0.2, -0.15) is 0 Å². The molecule has 0 bridgehead atoms. The van der Waals surface area contributed by atoms with Crippen molar-refractivity contribution in [2.45, 2.75) is 31.5 Å². The monoisotopic (exact) mass is 374 g/mol. The first-order valence-corrected chi connectivity index (χ1v) is 9.43. The minimum atomic E-state index is -1.88. The van der Waals surface area contributed by atoms with Crippen LogP contribution in [0.5, 0.6) is 0 Å². The van der Waals surface area contributed by atoms with Crippen LogP contribution in [0.25, 0.3) is 0 Å². The third kappa shape index (κ3) is 3.08.